The Bertz CT molecular complexity index is 625. The maximum Gasteiger partial charge on any atom is 0.310 e. The molecular weight excluding hydrogens is 260 g/mol. The number of carbonyl (C=O) groups is 1. The average molecular weight is 276 g/mol. The minimum atomic E-state index is -0.813. The molecule has 0 bridgehead atoms. The van der Waals surface area contributed by atoms with Crippen molar-refractivity contribution in [2.75, 3.05) is 0 Å². The molecule has 4 nitrogen and oxygen atoms in total. The van der Waals surface area contributed by atoms with E-state index in [1.54, 1.807) is 18.3 Å². The minimum absolute atomic E-state index is 0.489. The average Bonchev–Trinajstić information content (AvgIpc) is 2.86. The van der Waals surface area contributed by atoms with Crippen LogP contribution in [-0.4, -0.2) is 15.6 Å². The summed E-state index contributed by atoms with van der Waals surface area (Å²) < 4.78 is 2.07. The topological polar surface area (TPSA) is 54.6 Å². The lowest BCUT2D eigenvalue weighted by molar-refractivity contribution is -0.138. The second-order valence-corrected chi connectivity index (χ2v) is 5.11. The molecule has 1 atom stereocenters. The van der Waals surface area contributed by atoms with Crippen molar-refractivity contribution < 1.29 is 9.90 Å². The van der Waals surface area contributed by atoms with E-state index in [-0.39, 0.29) is 0 Å². The van der Waals surface area contributed by atoms with Crippen LogP contribution in [0, 0.1) is 0 Å². The molecular formula is C14H16N2O2S. The second kappa shape index (κ2) is 5.84. The number of rotatable bonds is 4. The summed E-state index contributed by atoms with van der Waals surface area (Å²) >= 11 is 1.59. The number of thiazole rings is 1. The smallest absolute Gasteiger partial charge is 0.310 e. The molecule has 19 heavy (non-hydrogen) atoms. The Balaban J connectivity index is 2.29. The predicted molar refractivity (Wildman–Crippen MR) is 75.7 cm³/mol. The van der Waals surface area contributed by atoms with Crippen LogP contribution in [0.15, 0.2) is 40.8 Å². The fourth-order valence-corrected chi connectivity index (χ4v) is 2.53. The molecule has 0 amide bonds. The Labute approximate surface area is 115 Å². The van der Waals surface area contributed by atoms with E-state index < -0.39 is 11.9 Å². The molecule has 0 saturated heterocycles. The van der Waals surface area contributed by atoms with E-state index in [1.165, 1.54) is 0 Å². The molecule has 1 unspecified atom stereocenters. The van der Waals surface area contributed by atoms with Crippen molar-refractivity contribution in [2.45, 2.75) is 26.3 Å². The highest BCUT2D eigenvalue weighted by molar-refractivity contribution is 7.07. The van der Waals surface area contributed by atoms with Crippen LogP contribution in [0.4, 0.5) is 5.69 Å². The standard InChI is InChI=1S/C14H16N2O2S/c1-3-16-8-9-19-14(16)15-12-6-4-11(5-7-12)10(2)13(17)18/h4-10H,3H2,1-2H3,(H,17,18). The van der Waals surface area contributed by atoms with Crippen LogP contribution >= 0.6 is 11.3 Å². The number of aryl methyl sites for hydroxylation is 1. The third-order valence-electron chi connectivity index (χ3n) is 2.99. The number of nitrogens with zero attached hydrogens (tertiary/aromatic N) is 2. The maximum absolute atomic E-state index is 10.9. The summed E-state index contributed by atoms with van der Waals surface area (Å²) in [7, 11) is 0. The van der Waals surface area contributed by atoms with Gasteiger partial charge in [-0.1, -0.05) is 12.1 Å². The molecule has 0 fully saturated rings. The largest absolute Gasteiger partial charge is 0.481 e. The second-order valence-electron chi connectivity index (χ2n) is 4.23. The number of hydrogen-bond acceptors (Lipinski definition) is 3. The van der Waals surface area contributed by atoms with E-state index in [0.717, 1.165) is 22.6 Å². The van der Waals surface area contributed by atoms with E-state index in [0.29, 0.717) is 0 Å². The molecule has 0 aliphatic rings. The number of benzene rings is 1. The summed E-state index contributed by atoms with van der Waals surface area (Å²) in [5, 5.41) is 11.0. The first-order valence-electron chi connectivity index (χ1n) is 6.13. The zero-order chi connectivity index (χ0) is 13.8. The van der Waals surface area contributed by atoms with Crippen molar-refractivity contribution in [1.82, 2.24) is 4.57 Å². The Kier molecular flexibility index (Phi) is 4.16. The summed E-state index contributed by atoms with van der Waals surface area (Å²) in [6.45, 7) is 4.64. The number of carboxylic acids is 1. The van der Waals surface area contributed by atoms with Crippen molar-refractivity contribution in [3.63, 3.8) is 0 Å². The van der Waals surface area contributed by atoms with Crippen LogP contribution in [0.3, 0.4) is 0 Å². The first-order chi connectivity index (χ1) is 9.11. The van der Waals surface area contributed by atoms with Crippen molar-refractivity contribution in [3.8, 4) is 0 Å². The molecule has 1 N–H and O–H groups in total. The highest BCUT2D eigenvalue weighted by atomic mass is 32.1. The summed E-state index contributed by atoms with van der Waals surface area (Å²) in [6, 6.07) is 7.35. The van der Waals surface area contributed by atoms with Gasteiger partial charge in [0.15, 0.2) is 4.80 Å². The van der Waals surface area contributed by atoms with Crippen molar-refractivity contribution in [2.24, 2.45) is 4.99 Å². The Morgan fingerprint density at radius 1 is 1.42 bits per heavy atom. The first kappa shape index (κ1) is 13.5. The molecule has 0 saturated carbocycles. The fourth-order valence-electron chi connectivity index (χ4n) is 1.72. The van der Waals surface area contributed by atoms with Crippen LogP contribution in [0.5, 0.6) is 0 Å². The van der Waals surface area contributed by atoms with Gasteiger partial charge in [0.1, 0.15) is 0 Å². The zero-order valence-corrected chi connectivity index (χ0v) is 11.7. The van der Waals surface area contributed by atoms with Crippen LogP contribution < -0.4 is 4.80 Å². The number of hydrogen-bond donors (Lipinski definition) is 1. The number of aromatic nitrogens is 1. The van der Waals surface area contributed by atoms with Gasteiger partial charge in [-0.05, 0) is 31.5 Å². The molecule has 1 heterocycles. The van der Waals surface area contributed by atoms with Crippen LogP contribution in [0.25, 0.3) is 0 Å². The predicted octanol–water partition coefficient (Wildman–Crippen LogP) is 2.99. The molecule has 1 aromatic carbocycles. The number of carboxylic acid groups (broad SMARTS) is 1. The van der Waals surface area contributed by atoms with Gasteiger partial charge in [0.2, 0.25) is 0 Å². The SMILES string of the molecule is CCn1ccsc1=Nc1ccc(C(C)C(=O)O)cc1. The summed E-state index contributed by atoms with van der Waals surface area (Å²) in [5.41, 5.74) is 1.63. The molecule has 2 aromatic rings. The highest BCUT2D eigenvalue weighted by Gasteiger charge is 2.12. The van der Waals surface area contributed by atoms with Gasteiger partial charge < -0.3 is 9.67 Å². The first-order valence-corrected chi connectivity index (χ1v) is 7.01. The van der Waals surface area contributed by atoms with Crippen LogP contribution in [0.2, 0.25) is 0 Å². The monoisotopic (exact) mass is 276 g/mol. The van der Waals surface area contributed by atoms with E-state index in [2.05, 4.69) is 16.5 Å². The maximum atomic E-state index is 10.9. The molecule has 0 radical (unpaired) electrons. The van der Waals surface area contributed by atoms with Gasteiger partial charge in [0.25, 0.3) is 0 Å². The van der Waals surface area contributed by atoms with Crippen molar-refractivity contribution in [1.29, 1.82) is 0 Å². The van der Waals surface area contributed by atoms with E-state index in [4.69, 9.17) is 5.11 Å². The van der Waals surface area contributed by atoms with Crippen molar-refractivity contribution in [3.05, 3.63) is 46.2 Å². The Morgan fingerprint density at radius 3 is 2.68 bits per heavy atom. The molecule has 2 rings (SSSR count). The number of aliphatic carboxylic acids is 1. The lowest BCUT2D eigenvalue weighted by Crippen LogP contribution is -2.11. The lowest BCUT2D eigenvalue weighted by Gasteiger charge is -2.06. The van der Waals surface area contributed by atoms with Gasteiger partial charge in [-0.25, -0.2) is 4.99 Å². The van der Waals surface area contributed by atoms with Gasteiger partial charge in [-0.2, -0.15) is 0 Å². The van der Waals surface area contributed by atoms with Gasteiger partial charge in [-0.15, -0.1) is 11.3 Å². The van der Waals surface area contributed by atoms with Crippen LogP contribution in [-0.2, 0) is 11.3 Å². The minimum Gasteiger partial charge on any atom is -0.481 e. The molecule has 5 heteroatoms. The molecule has 100 valence electrons. The molecule has 0 aliphatic heterocycles. The third kappa shape index (κ3) is 3.12. The normalized spacial score (nSPS) is 13.5. The fraction of sp³-hybridized carbons (Fsp3) is 0.286. The van der Waals surface area contributed by atoms with Gasteiger partial charge >= 0.3 is 5.97 Å². The van der Waals surface area contributed by atoms with Gasteiger partial charge in [0.05, 0.1) is 11.6 Å². The summed E-state index contributed by atoms with van der Waals surface area (Å²) in [4.78, 5) is 16.4. The quantitative estimate of drug-likeness (QED) is 0.933. The van der Waals surface area contributed by atoms with Gasteiger partial charge in [0, 0.05) is 18.1 Å². The van der Waals surface area contributed by atoms with E-state index >= 15 is 0 Å². The summed E-state index contributed by atoms with van der Waals surface area (Å²) in [5.74, 6) is -1.30. The summed E-state index contributed by atoms with van der Waals surface area (Å²) in [6.07, 6.45) is 2.00. The third-order valence-corrected chi connectivity index (χ3v) is 3.78. The van der Waals surface area contributed by atoms with Crippen LogP contribution in [0.1, 0.15) is 25.3 Å². The lowest BCUT2D eigenvalue weighted by atomic mass is 10.0. The van der Waals surface area contributed by atoms with E-state index in [1.807, 2.05) is 35.8 Å². The molecule has 1 aromatic heterocycles. The Morgan fingerprint density at radius 2 is 2.11 bits per heavy atom. The highest BCUT2D eigenvalue weighted by Crippen LogP contribution is 2.19. The van der Waals surface area contributed by atoms with Crippen molar-refractivity contribution >= 4 is 23.0 Å². The van der Waals surface area contributed by atoms with Gasteiger partial charge in [-0.3, -0.25) is 4.79 Å². The van der Waals surface area contributed by atoms with E-state index in [9.17, 15) is 4.79 Å². The molecule has 0 aliphatic carbocycles. The molecule has 0 spiro atoms. The zero-order valence-electron chi connectivity index (χ0n) is 10.9. The Hall–Kier alpha value is -1.88.